The van der Waals surface area contributed by atoms with E-state index in [0.717, 1.165) is 28.6 Å². The Morgan fingerprint density at radius 1 is 1.00 bits per heavy atom. The number of aromatic nitrogens is 2. The van der Waals surface area contributed by atoms with Crippen LogP contribution in [0.4, 0.5) is 0 Å². The van der Waals surface area contributed by atoms with Crippen LogP contribution in [0.2, 0.25) is 0 Å². The molecule has 3 rings (SSSR count). The van der Waals surface area contributed by atoms with E-state index in [1.54, 1.807) is 12.4 Å². The van der Waals surface area contributed by atoms with Crippen molar-refractivity contribution in [1.29, 1.82) is 0 Å². The number of aryl methyl sites for hydroxylation is 1. The Kier molecular flexibility index (Phi) is 3.44. The Morgan fingerprint density at radius 2 is 1.75 bits per heavy atom. The zero-order valence-corrected chi connectivity index (χ0v) is 11.3. The lowest BCUT2D eigenvalue weighted by Crippen LogP contribution is -2.02. The third kappa shape index (κ3) is 2.28. The SMILES string of the molecule is CCc1ccc(C(O)c2cccc3nccnc23)cc1. The second-order valence-corrected chi connectivity index (χ2v) is 4.77. The highest BCUT2D eigenvalue weighted by molar-refractivity contribution is 5.78. The summed E-state index contributed by atoms with van der Waals surface area (Å²) in [6.45, 7) is 2.12. The number of fused-ring (bicyclic) bond motifs is 1. The normalized spacial score (nSPS) is 12.5. The summed E-state index contributed by atoms with van der Waals surface area (Å²) in [4.78, 5) is 8.61. The molecule has 1 N–H and O–H groups in total. The Labute approximate surface area is 117 Å². The van der Waals surface area contributed by atoms with Gasteiger partial charge in [-0.05, 0) is 23.6 Å². The minimum atomic E-state index is -0.679. The van der Waals surface area contributed by atoms with Crippen LogP contribution in [0.25, 0.3) is 11.0 Å². The van der Waals surface area contributed by atoms with Crippen LogP contribution in [0, 0.1) is 0 Å². The molecule has 0 bridgehead atoms. The van der Waals surface area contributed by atoms with Gasteiger partial charge in [-0.3, -0.25) is 9.97 Å². The highest BCUT2D eigenvalue weighted by Crippen LogP contribution is 2.27. The number of para-hydroxylation sites is 1. The fourth-order valence-corrected chi connectivity index (χ4v) is 2.35. The van der Waals surface area contributed by atoms with Gasteiger partial charge in [0.15, 0.2) is 0 Å². The highest BCUT2D eigenvalue weighted by atomic mass is 16.3. The summed E-state index contributed by atoms with van der Waals surface area (Å²) in [5.74, 6) is 0. The fraction of sp³-hybridized carbons (Fsp3) is 0.176. The largest absolute Gasteiger partial charge is 0.384 e. The van der Waals surface area contributed by atoms with Crippen molar-refractivity contribution in [2.45, 2.75) is 19.4 Å². The third-order valence-corrected chi connectivity index (χ3v) is 3.53. The third-order valence-electron chi connectivity index (χ3n) is 3.53. The fourth-order valence-electron chi connectivity index (χ4n) is 2.35. The molecule has 1 heterocycles. The monoisotopic (exact) mass is 264 g/mol. The van der Waals surface area contributed by atoms with Crippen molar-refractivity contribution in [2.75, 3.05) is 0 Å². The standard InChI is InChI=1S/C17H16N2O/c1-2-12-6-8-13(9-7-12)17(20)14-4-3-5-15-16(14)19-11-10-18-15/h3-11,17,20H,2H2,1H3. The molecule has 0 aliphatic rings. The minimum absolute atomic E-state index is 0.679. The number of aliphatic hydroxyl groups is 1. The van der Waals surface area contributed by atoms with E-state index in [1.807, 2.05) is 30.3 Å². The lowest BCUT2D eigenvalue weighted by atomic mass is 9.98. The molecular weight excluding hydrogens is 248 g/mol. The van der Waals surface area contributed by atoms with E-state index in [1.165, 1.54) is 5.56 Å². The highest BCUT2D eigenvalue weighted by Gasteiger charge is 2.14. The van der Waals surface area contributed by atoms with E-state index in [2.05, 4.69) is 29.0 Å². The van der Waals surface area contributed by atoms with E-state index >= 15 is 0 Å². The molecule has 0 radical (unpaired) electrons. The molecule has 2 aromatic carbocycles. The van der Waals surface area contributed by atoms with Crippen LogP contribution in [0.3, 0.4) is 0 Å². The van der Waals surface area contributed by atoms with Crippen molar-refractivity contribution < 1.29 is 5.11 Å². The van der Waals surface area contributed by atoms with Crippen molar-refractivity contribution in [2.24, 2.45) is 0 Å². The van der Waals surface area contributed by atoms with E-state index in [9.17, 15) is 5.11 Å². The molecule has 0 spiro atoms. The molecule has 3 nitrogen and oxygen atoms in total. The van der Waals surface area contributed by atoms with Crippen LogP contribution in [-0.2, 0) is 6.42 Å². The quantitative estimate of drug-likeness (QED) is 0.789. The molecule has 0 amide bonds. The van der Waals surface area contributed by atoms with Gasteiger partial charge >= 0.3 is 0 Å². The van der Waals surface area contributed by atoms with Crippen molar-refractivity contribution in [3.8, 4) is 0 Å². The van der Waals surface area contributed by atoms with E-state index in [4.69, 9.17) is 0 Å². The molecule has 3 aromatic rings. The molecule has 0 fully saturated rings. The summed E-state index contributed by atoms with van der Waals surface area (Å²) in [6, 6.07) is 13.7. The Bertz CT molecular complexity index is 717. The van der Waals surface area contributed by atoms with Crippen LogP contribution in [0.15, 0.2) is 54.9 Å². The van der Waals surface area contributed by atoms with Crippen molar-refractivity contribution in [3.63, 3.8) is 0 Å². The van der Waals surface area contributed by atoms with Crippen molar-refractivity contribution >= 4 is 11.0 Å². The molecule has 0 aliphatic heterocycles. The van der Waals surface area contributed by atoms with Crippen LogP contribution in [-0.4, -0.2) is 15.1 Å². The first-order chi connectivity index (χ1) is 9.79. The summed E-state index contributed by atoms with van der Waals surface area (Å²) in [5, 5.41) is 10.6. The topological polar surface area (TPSA) is 46.0 Å². The molecule has 0 saturated carbocycles. The number of hydrogen-bond donors (Lipinski definition) is 1. The predicted octanol–water partition coefficient (Wildman–Crippen LogP) is 3.27. The number of hydrogen-bond acceptors (Lipinski definition) is 3. The van der Waals surface area contributed by atoms with Crippen molar-refractivity contribution in [3.05, 3.63) is 71.5 Å². The maximum atomic E-state index is 10.6. The summed E-state index contributed by atoms with van der Waals surface area (Å²) in [7, 11) is 0. The lowest BCUT2D eigenvalue weighted by molar-refractivity contribution is 0.221. The molecule has 0 aliphatic carbocycles. The summed E-state index contributed by atoms with van der Waals surface area (Å²) in [6.07, 6.45) is 3.63. The number of benzene rings is 2. The van der Waals surface area contributed by atoms with Gasteiger partial charge in [0.05, 0.1) is 11.0 Å². The smallest absolute Gasteiger partial charge is 0.106 e. The van der Waals surface area contributed by atoms with E-state index in [0.29, 0.717) is 0 Å². The second kappa shape index (κ2) is 5.39. The van der Waals surface area contributed by atoms with Crippen LogP contribution in [0.5, 0.6) is 0 Å². The average Bonchev–Trinajstić information content (AvgIpc) is 2.54. The molecule has 1 atom stereocenters. The van der Waals surface area contributed by atoms with Crippen molar-refractivity contribution in [1.82, 2.24) is 9.97 Å². The van der Waals surface area contributed by atoms with E-state index in [-0.39, 0.29) is 0 Å². The van der Waals surface area contributed by atoms with Gasteiger partial charge in [0.2, 0.25) is 0 Å². The molecular formula is C17H16N2O. The Morgan fingerprint density at radius 3 is 2.50 bits per heavy atom. The number of aliphatic hydroxyl groups excluding tert-OH is 1. The molecule has 0 saturated heterocycles. The first kappa shape index (κ1) is 12.8. The van der Waals surface area contributed by atoms with Gasteiger partial charge in [-0.15, -0.1) is 0 Å². The summed E-state index contributed by atoms with van der Waals surface area (Å²) >= 11 is 0. The molecule has 3 heteroatoms. The molecule has 1 unspecified atom stereocenters. The van der Waals surface area contributed by atoms with Gasteiger partial charge in [-0.2, -0.15) is 0 Å². The van der Waals surface area contributed by atoms with Gasteiger partial charge in [0, 0.05) is 18.0 Å². The number of nitrogens with zero attached hydrogens (tertiary/aromatic N) is 2. The first-order valence-corrected chi connectivity index (χ1v) is 6.76. The summed E-state index contributed by atoms with van der Waals surface area (Å²) in [5.41, 5.74) is 4.48. The van der Waals surface area contributed by atoms with E-state index < -0.39 is 6.10 Å². The second-order valence-electron chi connectivity index (χ2n) is 4.77. The zero-order chi connectivity index (χ0) is 13.9. The van der Waals surface area contributed by atoms with Gasteiger partial charge < -0.3 is 5.11 Å². The Balaban J connectivity index is 2.05. The molecule has 1 aromatic heterocycles. The van der Waals surface area contributed by atoms with Gasteiger partial charge in [0.25, 0.3) is 0 Å². The van der Waals surface area contributed by atoms with Gasteiger partial charge in [-0.25, -0.2) is 0 Å². The van der Waals surface area contributed by atoms with Crippen LogP contribution < -0.4 is 0 Å². The van der Waals surface area contributed by atoms with Gasteiger partial charge in [-0.1, -0.05) is 43.3 Å². The van der Waals surface area contributed by atoms with Crippen LogP contribution in [0.1, 0.15) is 29.7 Å². The molecule has 100 valence electrons. The zero-order valence-electron chi connectivity index (χ0n) is 11.3. The maximum absolute atomic E-state index is 10.6. The predicted molar refractivity (Wildman–Crippen MR) is 79.4 cm³/mol. The number of rotatable bonds is 3. The average molecular weight is 264 g/mol. The minimum Gasteiger partial charge on any atom is -0.384 e. The van der Waals surface area contributed by atoms with Crippen LogP contribution >= 0.6 is 0 Å². The molecule has 20 heavy (non-hydrogen) atoms. The first-order valence-electron chi connectivity index (χ1n) is 6.76. The maximum Gasteiger partial charge on any atom is 0.106 e. The lowest BCUT2D eigenvalue weighted by Gasteiger charge is -2.13. The summed E-state index contributed by atoms with van der Waals surface area (Å²) < 4.78 is 0. The Hall–Kier alpha value is -2.26. The van der Waals surface area contributed by atoms with Gasteiger partial charge in [0.1, 0.15) is 6.10 Å².